The van der Waals surface area contributed by atoms with Crippen molar-refractivity contribution in [2.75, 3.05) is 0 Å². The van der Waals surface area contributed by atoms with Gasteiger partial charge in [0.2, 0.25) is 0 Å². The average Bonchev–Trinajstić information content (AvgIpc) is 0.744. The van der Waals surface area contributed by atoms with E-state index < -0.39 is 0 Å². The highest BCUT2D eigenvalue weighted by atomic mass is 14.8. The normalized spacial score (nSPS) is 11.8. The first-order chi connectivity index (χ1) is 47.6. The molecular formula is C92H56N4. The zero-order valence-electron chi connectivity index (χ0n) is 52.1. The molecule has 0 bridgehead atoms. The third kappa shape index (κ3) is 9.14. The number of aromatic nitrogens is 4. The standard InChI is InChI=1S/2C46H28N2/c1-2-8-29(9-3-1)34-16-15-30-21-23-39-37(12-6-13-38(39)42(30)28-34)35-19-17-33-27-36(20-18-32(33)26-35)44-40-11-4-5-14-43(40)48-46-41(44)24-22-31-10-7-25-47-45(31)46;1-2-10-29(11-3-1)32-20-19-30-21-23-37-34(16-8-17-36(37)42(30)28-32)38-25-26-39(35-14-5-4-13-33(35)38)44-40-15-6-7-18-43(40)48-46-41(44)24-22-31-12-9-27-47-45(31)46/h2*1-28H. The molecule has 0 atom stereocenters. The fraction of sp³-hybridized carbons (Fsp3) is 0. The summed E-state index contributed by atoms with van der Waals surface area (Å²) in [6, 6.07) is 118. The summed E-state index contributed by atoms with van der Waals surface area (Å²) in [6.07, 6.45) is 3.71. The number of hydrogen-bond donors (Lipinski definition) is 0. The lowest BCUT2D eigenvalue weighted by Gasteiger charge is -2.17. The molecule has 0 fully saturated rings. The number of hydrogen-bond acceptors (Lipinski definition) is 4. The van der Waals surface area contributed by atoms with Gasteiger partial charge in [-0.1, -0.05) is 279 Å². The lowest BCUT2D eigenvalue weighted by atomic mass is 9.87. The maximum atomic E-state index is 5.16. The van der Waals surface area contributed by atoms with Gasteiger partial charge >= 0.3 is 0 Å². The molecule has 0 amide bonds. The summed E-state index contributed by atoms with van der Waals surface area (Å²) < 4.78 is 0. The molecule has 0 saturated heterocycles. The minimum Gasteiger partial charge on any atom is -0.254 e. The van der Waals surface area contributed by atoms with Gasteiger partial charge in [0, 0.05) is 55.8 Å². The number of pyridine rings is 4. The van der Waals surface area contributed by atoms with Gasteiger partial charge in [0.05, 0.1) is 33.1 Å². The minimum absolute atomic E-state index is 0.932. The van der Waals surface area contributed by atoms with Crippen molar-refractivity contribution < 1.29 is 0 Å². The molecule has 0 aliphatic rings. The highest BCUT2D eigenvalue weighted by Crippen LogP contribution is 2.46. The lowest BCUT2D eigenvalue weighted by Crippen LogP contribution is -1.93. The van der Waals surface area contributed by atoms with E-state index >= 15 is 0 Å². The lowest BCUT2D eigenvalue weighted by molar-refractivity contribution is 1.40. The molecule has 96 heavy (non-hydrogen) atoms. The van der Waals surface area contributed by atoms with Crippen LogP contribution in [0.25, 0.3) is 197 Å². The van der Waals surface area contributed by atoms with Gasteiger partial charge in [-0.15, -0.1) is 0 Å². The molecule has 20 aromatic rings. The van der Waals surface area contributed by atoms with Crippen molar-refractivity contribution in [2.45, 2.75) is 0 Å². The summed E-state index contributed by atoms with van der Waals surface area (Å²) in [5.74, 6) is 0. The van der Waals surface area contributed by atoms with Crippen molar-refractivity contribution in [3.63, 3.8) is 0 Å². The van der Waals surface area contributed by atoms with Crippen LogP contribution in [-0.4, -0.2) is 19.9 Å². The van der Waals surface area contributed by atoms with Crippen LogP contribution in [0.3, 0.4) is 0 Å². The Balaban J connectivity index is 0.000000135. The van der Waals surface area contributed by atoms with E-state index in [0.29, 0.717) is 0 Å². The molecule has 20 rings (SSSR count). The first-order valence-corrected chi connectivity index (χ1v) is 32.8. The van der Waals surface area contributed by atoms with E-state index in [1.165, 1.54) is 131 Å². The monoisotopic (exact) mass is 1220 g/mol. The Morgan fingerprint density at radius 1 is 0.167 bits per heavy atom. The number of para-hydroxylation sites is 2. The Bertz CT molecular complexity index is 6580. The SMILES string of the molecule is c1ccc(-c2ccc3ccc4c(-c5ccc(-c6c7ccccc7nc7c6ccc6cccnc67)c6ccccc56)cccc4c3c2)cc1.c1ccc(-c2ccc3ccc4c(-c5ccc6cc(-c7c8ccccc8nc8c7ccc7cccnc78)ccc6c5)cccc4c3c2)cc1. The quantitative estimate of drug-likeness (QED) is 0.123. The molecule has 444 valence electrons. The van der Waals surface area contributed by atoms with Crippen LogP contribution in [0.2, 0.25) is 0 Å². The highest BCUT2D eigenvalue weighted by Gasteiger charge is 2.20. The molecule has 4 nitrogen and oxygen atoms in total. The van der Waals surface area contributed by atoms with Crippen molar-refractivity contribution in [3.05, 3.63) is 340 Å². The number of benzene rings is 16. The van der Waals surface area contributed by atoms with Crippen LogP contribution >= 0.6 is 0 Å². The molecule has 0 aliphatic carbocycles. The van der Waals surface area contributed by atoms with E-state index in [1.54, 1.807) is 0 Å². The maximum absolute atomic E-state index is 5.16. The Labute approximate surface area is 553 Å². The summed E-state index contributed by atoms with van der Waals surface area (Å²) in [5, 5.41) is 21.7. The van der Waals surface area contributed by atoms with Crippen molar-refractivity contribution in [3.8, 4) is 66.8 Å². The van der Waals surface area contributed by atoms with Crippen LogP contribution in [0.4, 0.5) is 0 Å². The van der Waals surface area contributed by atoms with Crippen LogP contribution in [0.5, 0.6) is 0 Å². The van der Waals surface area contributed by atoms with Gasteiger partial charge in [-0.25, -0.2) is 9.97 Å². The molecule has 0 saturated carbocycles. The van der Waals surface area contributed by atoms with Crippen LogP contribution < -0.4 is 0 Å². The first-order valence-electron chi connectivity index (χ1n) is 32.8. The fourth-order valence-electron chi connectivity index (χ4n) is 15.2. The Kier molecular flexibility index (Phi) is 12.9. The van der Waals surface area contributed by atoms with Crippen LogP contribution in [0, 0.1) is 0 Å². The van der Waals surface area contributed by atoms with Crippen LogP contribution in [0.1, 0.15) is 0 Å². The molecule has 4 heteroatoms. The van der Waals surface area contributed by atoms with Gasteiger partial charge in [-0.2, -0.15) is 0 Å². The van der Waals surface area contributed by atoms with Crippen LogP contribution in [-0.2, 0) is 0 Å². The summed E-state index contributed by atoms with van der Waals surface area (Å²) >= 11 is 0. The molecule has 0 unspecified atom stereocenters. The fourth-order valence-corrected chi connectivity index (χ4v) is 15.2. The van der Waals surface area contributed by atoms with Crippen molar-refractivity contribution in [1.82, 2.24) is 19.9 Å². The predicted molar refractivity (Wildman–Crippen MR) is 407 cm³/mol. The van der Waals surface area contributed by atoms with E-state index in [9.17, 15) is 0 Å². The minimum atomic E-state index is 0.932. The zero-order valence-corrected chi connectivity index (χ0v) is 52.1. The molecule has 16 aromatic carbocycles. The van der Waals surface area contributed by atoms with Crippen LogP contribution in [0.15, 0.2) is 340 Å². The highest BCUT2D eigenvalue weighted by molar-refractivity contribution is 6.23. The van der Waals surface area contributed by atoms with Crippen molar-refractivity contribution in [2.24, 2.45) is 0 Å². The summed E-state index contributed by atoms with van der Waals surface area (Å²) in [5.41, 5.74) is 20.3. The molecule has 4 heterocycles. The number of rotatable bonds is 6. The first kappa shape index (κ1) is 54.9. The van der Waals surface area contributed by atoms with Gasteiger partial charge in [-0.3, -0.25) is 9.97 Å². The molecular weight excluding hydrogens is 1160 g/mol. The predicted octanol–water partition coefficient (Wildman–Crippen LogP) is 24.8. The molecule has 4 aromatic heterocycles. The molecule has 0 aliphatic heterocycles. The second-order valence-corrected chi connectivity index (χ2v) is 25.1. The summed E-state index contributed by atoms with van der Waals surface area (Å²) in [7, 11) is 0. The Morgan fingerprint density at radius 2 is 0.562 bits per heavy atom. The van der Waals surface area contributed by atoms with Gasteiger partial charge < -0.3 is 0 Å². The number of fused-ring (bicyclic) bond motifs is 16. The van der Waals surface area contributed by atoms with E-state index in [1.807, 2.05) is 24.5 Å². The van der Waals surface area contributed by atoms with Gasteiger partial charge in [-0.05, 0) is 169 Å². The van der Waals surface area contributed by atoms with E-state index in [0.717, 1.165) is 65.4 Å². The molecule has 0 N–H and O–H groups in total. The van der Waals surface area contributed by atoms with Crippen molar-refractivity contribution >= 4 is 130 Å². The van der Waals surface area contributed by atoms with E-state index in [2.05, 4.69) is 315 Å². The van der Waals surface area contributed by atoms with E-state index in [-0.39, 0.29) is 0 Å². The summed E-state index contributed by atoms with van der Waals surface area (Å²) in [6.45, 7) is 0. The van der Waals surface area contributed by atoms with E-state index in [4.69, 9.17) is 19.9 Å². The Morgan fingerprint density at radius 3 is 1.16 bits per heavy atom. The maximum Gasteiger partial charge on any atom is 0.0978 e. The summed E-state index contributed by atoms with van der Waals surface area (Å²) in [4.78, 5) is 19.8. The van der Waals surface area contributed by atoms with Gasteiger partial charge in [0.15, 0.2) is 0 Å². The largest absolute Gasteiger partial charge is 0.254 e. The smallest absolute Gasteiger partial charge is 0.0978 e. The molecule has 0 radical (unpaired) electrons. The van der Waals surface area contributed by atoms with Crippen molar-refractivity contribution in [1.29, 1.82) is 0 Å². The second kappa shape index (κ2) is 22.5. The third-order valence-electron chi connectivity index (χ3n) is 19.7. The third-order valence-corrected chi connectivity index (χ3v) is 19.7. The topological polar surface area (TPSA) is 51.6 Å². The average molecular weight is 1220 g/mol. The second-order valence-electron chi connectivity index (χ2n) is 25.1. The zero-order chi connectivity index (χ0) is 63.2. The number of nitrogens with zero attached hydrogens (tertiary/aromatic N) is 4. The Hall–Kier alpha value is -12.8. The molecule has 0 spiro atoms. The van der Waals surface area contributed by atoms with Gasteiger partial charge in [0.1, 0.15) is 0 Å². The van der Waals surface area contributed by atoms with Gasteiger partial charge in [0.25, 0.3) is 0 Å².